The summed E-state index contributed by atoms with van der Waals surface area (Å²) < 4.78 is 0. The van der Waals surface area contributed by atoms with Gasteiger partial charge in [0.25, 0.3) is 0 Å². The molecular formula is C13H19NO2S. The van der Waals surface area contributed by atoms with Crippen LogP contribution in [0.5, 0.6) is 0 Å². The van der Waals surface area contributed by atoms with Crippen LogP contribution in [-0.4, -0.2) is 17.6 Å². The molecule has 0 aliphatic heterocycles. The maximum atomic E-state index is 10.7. The summed E-state index contributed by atoms with van der Waals surface area (Å²) in [6, 6.07) is 1.76. The summed E-state index contributed by atoms with van der Waals surface area (Å²) in [7, 11) is 0. The Hall–Kier alpha value is -0.870. The van der Waals surface area contributed by atoms with Crippen LogP contribution in [0.3, 0.4) is 0 Å². The lowest BCUT2D eigenvalue weighted by Gasteiger charge is -2.21. The molecular weight excluding hydrogens is 234 g/mol. The predicted molar refractivity (Wildman–Crippen MR) is 69.6 cm³/mol. The average molecular weight is 253 g/mol. The minimum absolute atomic E-state index is 0.407. The summed E-state index contributed by atoms with van der Waals surface area (Å²) in [5.41, 5.74) is 0.407. The number of rotatable bonds is 5. The van der Waals surface area contributed by atoms with Crippen LogP contribution in [0.25, 0.3) is 0 Å². The molecule has 17 heavy (non-hydrogen) atoms. The molecule has 1 fully saturated rings. The van der Waals surface area contributed by atoms with Gasteiger partial charge in [0.15, 0.2) is 0 Å². The van der Waals surface area contributed by atoms with Gasteiger partial charge in [0.2, 0.25) is 0 Å². The number of hydrogen-bond acceptors (Lipinski definition) is 3. The summed E-state index contributed by atoms with van der Waals surface area (Å²) >= 11 is 1.52. The largest absolute Gasteiger partial charge is 0.478 e. The van der Waals surface area contributed by atoms with E-state index in [9.17, 15) is 4.79 Å². The van der Waals surface area contributed by atoms with Crippen molar-refractivity contribution in [1.29, 1.82) is 0 Å². The van der Waals surface area contributed by atoms with Gasteiger partial charge in [-0.15, -0.1) is 11.3 Å². The van der Waals surface area contributed by atoms with Crippen LogP contribution >= 0.6 is 11.3 Å². The Labute approximate surface area is 106 Å². The fourth-order valence-electron chi connectivity index (χ4n) is 2.38. The van der Waals surface area contributed by atoms with Gasteiger partial charge in [-0.2, -0.15) is 0 Å². The molecule has 2 N–H and O–H groups in total. The summed E-state index contributed by atoms with van der Waals surface area (Å²) in [5.74, 6) is -0.0116. The zero-order chi connectivity index (χ0) is 12.1. The smallest absolute Gasteiger partial charge is 0.336 e. The zero-order valence-electron chi connectivity index (χ0n) is 9.95. The van der Waals surface area contributed by atoms with Gasteiger partial charge in [-0.25, -0.2) is 4.79 Å². The second-order valence-electron chi connectivity index (χ2n) is 4.74. The zero-order valence-corrected chi connectivity index (χ0v) is 10.8. The maximum absolute atomic E-state index is 10.7. The molecule has 0 amide bonds. The molecule has 0 spiro atoms. The maximum Gasteiger partial charge on any atom is 0.336 e. The van der Waals surface area contributed by atoms with Crippen LogP contribution < -0.4 is 5.32 Å². The van der Waals surface area contributed by atoms with Gasteiger partial charge in [-0.05, 0) is 31.4 Å². The lowest BCUT2D eigenvalue weighted by molar-refractivity contribution is 0.0697. The first-order valence-electron chi connectivity index (χ1n) is 6.27. The van der Waals surface area contributed by atoms with Crippen LogP contribution in [0.15, 0.2) is 11.4 Å². The van der Waals surface area contributed by atoms with Crippen molar-refractivity contribution in [2.75, 3.05) is 6.54 Å². The molecule has 0 radical (unpaired) electrons. The molecule has 2 rings (SSSR count). The number of carboxylic acid groups (broad SMARTS) is 1. The molecule has 1 aromatic heterocycles. The second-order valence-corrected chi connectivity index (χ2v) is 5.74. The molecule has 0 atom stereocenters. The fourth-order valence-corrected chi connectivity index (χ4v) is 3.20. The van der Waals surface area contributed by atoms with E-state index in [2.05, 4.69) is 5.32 Å². The summed E-state index contributed by atoms with van der Waals surface area (Å²) in [6.45, 7) is 1.87. The van der Waals surface area contributed by atoms with E-state index in [-0.39, 0.29) is 0 Å². The lowest BCUT2D eigenvalue weighted by atomic mass is 9.89. The number of aromatic carboxylic acids is 1. The first-order chi connectivity index (χ1) is 8.25. The highest BCUT2D eigenvalue weighted by Crippen LogP contribution is 2.23. The standard InChI is InChI=1S/C13H19NO2S/c15-13(16)11-6-12(17-9-11)8-14-7-10-4-2-1-3-5-10/h6,9-10,14H,1-5,7-8H2,(H,15,16). The van der Waals surface area contributed by atoms with Crippen molar-refractivity contribution in [1.82, 2.24) is 5.32 Å². The van der Waals surface area contributed by atoms with E-state index < -0.39 is 5.97 Å². The third kappa shape index (κ3) is 3.82. The monoisotopic (exact) mass is 253 g/mol. The van der Waals surface area contributed by atoms with Crippen LogP contribution in [0.1, 0.15) is 47.3 Å². The van der Waals surface area contributed by atoms with E-state index in [0.717, 1.165) is 23.9 Å². The molecule has 1 aliphatic rings. The summed E-state index contributed by atoms with van der Waals surface area (Å²) in [4.78, 5) is 11.8. The molecule has 1 aromatic rings. The van der Waals surface area contributed by atoms with Crippen LogP contribution in [0.2, 0.25) is 0 Å². The van der Waals surface area contributed by atoms with Gasteiger partial charge in [0.05, 0.1) is 5.56 Å². The second kappa shape index (κ2) is 6.17. The van der Waals surface area contributed by atoms with Gasteiger partial charge in [0, 0.05) is 16.8 Å². The Bertz CT molecular complexity index is 369. The minimum atomic E-state index is -0.834. The average Bonchev–Trinajstić information content (AvgIpc) is 2.79. The number of hydrogen-bond donors (Lipinski definition) is 2. The Balaban J connectivity index is 1.71. The Morgan fingerprint density at radius 3 is 2.82 bits per heavy atom. The van der Waals surface area contributed by atoms with E-state index >= 15 is 0 Å². The molecule has 0 unspecified atom stereocenters. The van der Waals surface area contributed by atoms with E-state index in [1.54, 1.807) is 11.4 Å². The Morgan fingerprint density at radius 2 is 2.18 bits per heavy atom. The van der Waals surface area contributed by atoms with Gasteiger partial charge in [-0.1, -0.05) is 19.3 Å². The number of carboxylic acids is 1. The third-order valence-electron chi connectivity index (χ3n) is 3.36. The van der Waals surface area contributed by atoms with Gasteiger partial charge in [-0.3, -0.25) is 0 Å². The Kier molecular flexibility index (Phi) is 4.57. The van der Waals surface area contributed by atoms with Gasteiger partial charge >= 0.3 is 5.97 Å². The lowest BCUT2D eigenvalue weighted by Crippen LogP contribution is -2.23. The highest BCUT2D eigenvalue weighted by atomic mass is 32.1. The summed E-state index contributed by atoms with van der Waals surface area (Å²) in [6.07, 6.45) is 6.82. The molecule has 1 saturated carbocycles. The number of carbonyl (C=O) groups is 1. The molecule has 0 bridgehead atoms. The van der Waals surface area contributed by atoms with Crippen molar-refractivity contribution in [2.45, 2.75) is 38.6 Å². The minimum Gasteiger partial charge on any atom is -0.478 e. The number of thiophene rings is 1. The molecule has 0 saturated heterocycles. The van der Waals surface area contributed by atoms with Crippen molar-refractivity contribution in [3.63, 3.8) is 0 Å². The SMILES string of the molecule is O=C(O)c1csc(CNCC2CCCCC2)c1. The highest BCUT2D eigenvalue weighted by molar-refractivity contribution is 7.10. The number of nitrogens with one attached hydrogen (secondary N) is 1. The molecule has 94 valence electrons. The van der Waals surface area contributed by atoms with Crippen molar-refractivity contribution in [3.8, 4) is 0 Å². The fraction of sp³-hybridized carbons (Fsp3) is 0.615. The third-order valence-corrected chi connectivity index (χ3v) is 4.29. The highest BCUT2D eigenvalue weighted by Gasteiger charge is 2.13. The van der Waals surface area contributed by atoms with Crippen molar-refractivity contribution in [2.24, 2.45) is 5.92 Å². The van der Waals surface area contributed by atoms with E-state index in [1.807, 2.05) is 0 Å². The van der Waals surface area contributed by atoms with Gasteiger partial charge < -0.3 is 10.4 Å². The quantitative estimate of drug-likeness (QED) is 0.847. The summed E-state index contributed by atoms with van der Waals surface area (Å²) in [5, 5.41) is 14.0. The van der Waals surface area contributed by atoms with Crippen LogP contribution in [0, 0.1) is 5.92 Å². The van der Waals surface area contributed by atoms with Gasteiger partial charge in [0.1, 0.15) is 0 Å². The van der Waals surface area contributed by atoms with E-state index in [1.165, 1.54) is 43.4 Å². The van der Waals surface area contributed by atoms with E-state index in [4.69, 9.17) is 5.11 Å². The predicted octanol–water partition coefficient (Wildman–Crippen LogP) is 3.12. The molecule has 0 aromatic carbocycles. The van der Waals surface area contributed by atoms with Crippen LogP contribution in [-0.2, 0) is 6.54 Å². The molecule has 4 heteroatoms. The van der Waals surface area contributed by atoms with E-state index in [0.29, 0.717) is 5.56 Å². The first kappa shape index (κ1) is 12.6. The molecule has 3 nitrogen and oxygen atoms in total. The van der Waals surface area contributed by atoms with Crippen LogP contribution in [0.4, 0.5) is 0 Å². The topological polar surface area (TPSA) is 49.3 Å². The van der Waals surface area contributed by atoms with Crippen molar-refractivity contribution < 1.29 is 9.90 Å². The van der Waals surface area contributed by atoms with Crippen molar-refractivity contribution >= 4 is 17.3 Å². The Morgan fingerprint density at radius 1 is 1.41 bits per heavy atom. The normalized spacial score (nSPS) is 17.2. The molecule has 1 heterocycles. The van der Waals surface area contributed by atoms with Crippen molar-refractivity contribution in [3.05, 3.63) is 21.9 Å². The first-order valence-corrected chi connectivity index (χ1v) is 7.15. The molecule has 1 aliphatic carbocycles.